The van der Waals surface area contributed by atoms with Crippen LogP contribution >= 0.6 is 0 Å². The minimum atomic E-state index is -0.313. The number of hydrogen-bond acceptors (Lipinski definition) is 5. The van der Waals surface area contributed by atoms with Crippen molar-refractivity contribution in [3.05, 3.63) is 23.8 Å². The van der Waals surface area contributed by atoms with Gasteiger partial charge in [0.25, 0.3) is 0 Å². The van der Waals surface area contributed by atoms with E-state index in [4.69, 9.17) is 15.2 Å². The van der Waals surface area contributed by atoms with Crippen molar-refractivity contribution in [1.29, 1.82) is 0 Å². The molecular weight excluding hydrogens is 316 g/mol. The summed E-state index contributed by atoms with van der Waals surface area (Å²) in [6, 6.07) is 5.35. The molecule has 0 aromatic heterocycles. The Morgan fingerprint density at radius 1 is 1.24 bits per heavy atom. The number of ether oxygens (including phenoxy) is 2. The molecule has 140 valence electrons. The van der Waals surface area contributed by atoms with Crippen LogP contribution in [0.3, 0.4) is 0 Å². The van der Waals surface area contributed by atoms with E-state index in [9.17, 15) is 4.79 Å². The van der Waals surface area contributed by atoms with Crippen LogP contribution in [-0.2, 0) is 4.74 Å². The van der Waals surface area contributed by atoms with Crippen LogP contribution < -0.4 is 10.5 Å². The Hall–Kier alpha value is -1.75. The molecule has 2 N–H and O–H groups in total. The number of nitrogen functional groups attached to an aromatic ring is 1. The van der Waals surface area contributed by atoms with Gasteiger partial charge in [-0.2, -0.15) is 0 Å². The van der Waals surface area contributed by atoms with E-state index in [2.05, 4.69) is 18.7 Å². The highest BCUT2D eigenvalue weighted by molar-refractivity contribution is 5.90. The first-order chi connectivity index (χ1) is 12.0. The molecule has 1 aromatic carbocycles. The molecule has 2 rings (SSSR count). The summed E-state index contributed by atoms with van der Waals surface area (Å²) in [5, 5.41) is 0. The molecule has 1 atom stereocenters. The minimum Gasteiger partial charge on any atom is -0.492 e. The van der Waals surface area contributed by atoms with Gasteiger partial charge in [0.1, 0.15) is 12.4 Å². The minimum absolute atomic E-state index is 0.296. The molecule has 25 heavy (non-hydrogen) atoms. The normalized spacial score (nSPS) is 16.6. The van der Waals surface area contributed by atoms with E-state index < -0.39 is 0 Å². The SMILES string of the molecule is CCOc1cc(C(=O)OC[C@H](CC(C)C)N2CCCCC2)ccc1N. The Labute approximate surface area is 151 Å². The van der Waals surface area contributed by atoms with Crippen molar-refractivity contribution in [2.24, 2.45) is 5.92 Å². The van der Waals surface area contributed by atoms with E-state index in [1.165, 1.54) is 19.3 Å². The van der Waals surface area contributed by atoms with Gasteiger partial charge in [0, 0.05) is 6.04 Å². The highest BCUT2D eigenvalue weighted by Gasteiger charge is 2.23. The van der Waals surface area contributed by atoms with Gasteiger partial charge in [-0.05, 0) is 63.4 Å². The van der Waals surface area contributed by atoms with Crippen LogP contribution in [-0.4, -0.2) is 43.2 Å². The molecule has 1 aliphatic heterocycles. The van der Waals surface area contributed by atoms with Crippen LogP contribution in [0.1, 0.15) is 56.8 Å². The highest BCUT2D eigenvalue weighted by atomic mass is 16.5. The van der Waals surface area contributed by atoms with Crippen molar-refractivity contribution < 1.29 is 14.3 Å². The maximum Gasteiger partial charge on any atom is 0.338 e. The van der Waals surface area contributed by atoms with Crippen molar-refractivity contribution >= 4 is 11.7 Å². The van der Waals surface area contributed by atoms with Crippen LogP contribution in [0.5, 0.6) is 5.75 Å². The number of esters is 1. The smallest absolute Gasteiger partial charge is 0.338 e. The van der Waals surface area contributed by atoms with E-state index in [0.29, 0.717) is 42.2 Å². The molecule has 0 bridgehead atoms. The summed E-state index contributed by atoms with van der Waals surface area (Å²) in [6.07, 6.45) is 4.81. The van der Waals surface area contributed by atoms with Gasteiger partial charge in [0.05, 0.1) is 17.9 Å². The van der Waals surface area contributed by atoms with Crippen LogP contribution in [0.25, 0.3) is 0 Å². The van der Waals surface area contributed by atoms with E-state index >= 15 is 0 Å². The van der Waals surface area contributed by atoms with Crippen molar-refractivity contribution in [2.45, 2.75) is 52.5 Å². The summed E-state index contributed by atoms with van der Waals surface area (Å²) in [5.74, 6) is 0.796. The fourth-order valence-corrected chi connectivity index (χ4v) is 3.35. The molecule has 1 fully saturated rings. The molecule has 0 unspecified atom stereocenters. The Kier molecular flexibility index (Phi) is 7.56. The summed E-state index contributed by atoms with van der Waals surface area (Å²) < 4.78 is 11.1. The molecule has 1 heterocycles. The number of hydrogen-bond donors (Lipinski definition) is 1. The predicted molar refractivity (Wildman–Crippen MR) is 101 cm³/mol. The molecule has 0 spiro atoms. The highest BCUT2D eigenvalue weighted by Crippen LogP contribution is 2.24. The lowest BCUT2D eigenvalue weighted by molar-refractivity contribution is 0.0283. The van der Waals surface area contributed by atoms with E-state index in [-0.39, 0.29) is 5.97 Å². The van der Waals surface area contributed by atoms with Crippen LogP contribution in [0, 0.1) is 5.92 Å². The lowest BCUT2D eigenvalue weighted by atomic mass is 10.0. The molecule has 1 saturated heterocycles. The number of carbonyl (C=O) groups is 1. The number of anilines is 1. The molecular formula is C20H32N2O3. The summed E-state index contributed by atoms with van der Waals surface area (Å²) in [6.45, 7) is 9.47. The zero-order valence-electron chi connectivity index (χ0n) is 15.8. The molecule has 1 aromatic rings. The third-order valence-electron chi connectivity index (χ3n) is 4.61. The van der Waals surface area contributed by atoms with Gasteiger partial charge < -0.3 is 15.2 Å². The molecule has 5 heteroatoms. The second-order valence-electron chi connectivity index (χ2n) is 7.16. The molecule has 0 aliphatic carbocycles. The maximum absolute atomic E-state index is 12.4. The van der Waals surface area contributed by atoms with Gasteiger partial charge in [-0.1, -0.05) is 20.3 Å². The van der Waals surface area contributed by atoms with Crippen molar-refractivity contribution in [2.75, 3.05) is 32.0 Å². The number of rotatable bonds is 8. The third-order valence-corrected chi connectivity index (χ3v) is 4.61. The monoisotopic (exact) mass is 348 g/mol. The first-order valence-corrected chi connectivity index (χ1v) is 9.44. The van der Waals surface area contributed by atoms with Gasteiger partial charge in [-0.25, -0.2) is 4.79 Å². The number of piperidine rings is 1. The Morgan fingerprint density at radius 2 is 1.96 bits per heavy atom. The molecule has 1 aliphatic rings. The fraction of sp³-hybridized carbons (Fsp3) is 0.650. The van der Waals surface area contributed by atoms with Gasteiger partial charge in [-0.3, -0.25) is 4.90 Å². The molecule has 0 radical (unpaired) electrons. The average Bonchev–Trinajstić information content (AvgIpc) is 2.61. The number of likely N-dealkylation sites (tertiary alicyclic amines) is 1. The molecule has 0 saturated carbocycles. The van der Waals surface area contributed by atoms with Crippen molar-refractivity contribution in [3.8, 4) is 5.75 Å². The Bertz CT molecular complexity index is 554. The summed E-state index contributed by atoms with van der Waals surface area (Å²) in [7, 11) is 0. The number of carbonyl (C=O) groups excluding carboxylic acids is 1. The Balaban J connectivity index is 1.98. The molecule has 5 nitrogen and oxygen atoms in total. The van der Waals surface area contributed by atoms with Crippen LogP contribution in [0.15, 0.2) is 18.2 Å². The lowest BCUT2D eigenvalue weighted by Crippen LogP contribution is -2.43. The summed E-state index contributed by atoms with van der Waals surface area (Å²) in [4.78, 5) is 14.9. The van der Waals surface area contributed by atoms with Crippen molar-refractivity contribution in [1.82, 2.24) is 4.90 Å². The predicted octanol–water partition coefficient (Wildman–Crippen LogP) is 3.72. The standard InChI is InChI=1S/C20H32N2O3/c1-4-24-19-13-16(8-9-18(19)21)20(23)25-14-17(12-15(2)3)22-10-6-5-7-11-22/h8-9,13,15,17H,4-7,10-12,14,21H2,1-3H3/t17-/m0/s1. The first kappa shape index (κ1) is 19.6. The first-order valence-electron chi connectivity index (χ1n) is 9.44. The topological polar surface area (TPSA) is 64.8 Å². The van der Waals surface area contributed by atoms with Gasteiger partial charge >= 0.3 is 5.97 Å². The van der Waals surface area contributed by atoms with Crippen LogP contribution in [0.2, 0.25) is 0 Å². The largest absolute Gasteiger partial charge is 0.492 e. The number of nitrogens with zero attached hydrogens (tertiary/aromatic N) is 1. The summed E-state index contributed by atoms with van der Waals surface area (Å²) >= 11 is 0. The third kappa shape index (κ3) is 5.92. The molecule has 0 amide bonds. The average molecular weight is 348 g/mol. The van der Waals surface area contributed by atoms with Gasteiger partial charge in [0.15, 0.2) is 0 Å². The zero-order chi connectivity index (χ0) is 18.2. The lowest BCUT2D eigenvalue weighted by Gasteiger charge is -2.35. The van der Waals surface area contributed by atoms with Gasteiger partial charge in [0.2, 0.25) is 0 Å². The van der Waals surface area contributed by atoms with E-state index in [1.807, 2.05) is 6.92 Å². The fourth-order valence-electron chi connectivity index (χ4n) is 3.35. The van der Waals surface area contributed by atoms with Crippen molar-refractivity contribution in [3.63, 3.8) is 0 Å². The number of nitrogens with two attached hydrogens (primary N) is 1. The second-order valence-corrected chi connectivity index (χ2v) is 7.16. The van der Waals surface area contributed by atoms with E-state index in [0.717, 1.165) is 19.5 Å². The zero-order valence-corrected chi connectivity index (χ0v) is 15.8. The van der Waals surface area contributed by atoms with Crippen LogP contribution in [0.4, 0.5) is 5.69 Å². The van der Waals surface area contributed by atoms with Gasteiger partial charge in [-0.15, -0.1) is 0 Å². The maximum atomic E-state index is 12.4. The number of benzene rings is 1. The summed E-state index contributed by atoms with van der Waals surface area (Å²) in [5.41, 5.74) is 6.88. The Morgan fingerprint density at radius 3 is 2.60 bits per heavy atom. The van der Waals surface area contributed by atoms with E-state index in [1.54, 1.807) is 18.2 Å². The second kappa shape index (κ2) is 9.66. The quantitative estimate of drug-likeness (QED) is 0.573.